The molecule has 1 aromatic carbocycles. The molecule has 4 nitrogen and oxygen atoms in total. The molecule has 0 aliphatic carbocycles. The molecule has 1 aliphatic rings. The highest BCUT2D eigenvalue weighted by atomic mass is 35.5. The molecule has 2 rings (SSSR count). The third-order valence-electron chi connectivity index (χ3n) is 4.64. The Hall–Kier alpha value is -0.810. The number of carbonyl (C=O) groups excluding carboxylic acids is 1. The first-order valence-electron chi connectivity index (χ1n) is 8.54. The highest BCUT2D eigenvalue weighted by molar-refractivity contribution is 6.34. The first kappa shape index (κ1) is 19.5. The lowest BCUT2D eigenvalue weighted by Gasteiger charge is -2.32. The van der Waals surface area contributed by atoms with E-state index in [1.807, 2.05) is 26.2 Å². The van der Waals surface area contributed by atoms with Crippen LogP contribution in [0.1, 0.15) is 24.8 Å². The molecule has 1 heterocycles. The van der Waals surface area contributed by atoms with Crippen LogP contribution in [0.3, 0.4) is 0 Å². The monoisotopic (exact) mass is 371 g/mol. The predicted molar refractivity (Wildman–Crippen MR) is 101 cm³/mol. The normalized spacial score (nSPS) is 16.3. The number of nitrogens with one attached hydrogen (secondary N) is 1. The molecule has 1 aromatic rings. The molecule has 6 heteroatoms. The standard InChI is InChI=1S/C18H27Cl2N3O/c1-21-6-3-14-4-7-23(8-5-14)13-18(24)22(2)12-15-9-16(19)11-17(20)10-15/h9-11,14,21H,3-8,12-13H2,1-2H3. The van der Waals surface area contributed by atoms with Crippen molar-refractivity contribution in [1.82, 2.24) is 15.1 Å². The number of likely N-dealkylation sites (N-methyl/N-ethyl adjacent to an activating group) is 1. The molecule has 24 heavy (non-hydrogen) atoms. The van der Waals surface area contributed by atoms with Gasteiger partial charge >= 0.3 is 0 Å². The molecule has 0 aromatic heterocycles. The van der Waals surface area contributed by atoms with Crippen molar-refractivity contribution in [2.75, 3.05) is 40.3 Å². The average molecular weight is 372 g/mol. The molecule has 0 bridgehead atoms. The lowest BCUT2D eigenvalue weighted by atomic mass is 9.93. The molecule has 134 valence electrons. The topological polar surface area (TPSA) is 35.6 Å². The zero-order chi connectivity index (χ0) is 17.5. The number of hydrogen-bond acceptors (Lipinski definition) is 3. The summed E-state index contributed by atoms with van der Waals surface area (Å²) in [5, 5.41) is 4.41. The second kappa shape index (κ2) is 9.62. The Morgan fingerprint density at radius 2 is 1.88 bits per heavy atom. The van der Waals surface area contributed by atoms with E-state index in [1.54, 1.807) is 11.0 Å². The van der Waals surface area contributed by atoms with Gasteiger partial charge < -0.3 is 10.2 Å². The van der Waals surface area contributed by atoms with E-state index in [9.17, 15) is 4.79 Å². The van der Waals surface area contributed by atoms with Gasteiger partial charge in [0.15, 0.2) is 0 Å². The summed E-state index contributed by atoms with van der Waals surface area (Å²) in [4.78, 5) is 16.5. The molecule has 1 saturated heterocycles. The van der Waals surface area contributed by atoms with Crippen LogP contribution >= 0.6 is 23.2 Å². The maximum atomic E-state index is 12.4. The van der Waals surface area contributed by atoms with Crippen molar-refractivity contribution in [3.05, 3.63) is 33.8 Å². The number of carbonyl (C=O) groups is 1. The van der Waals surface area contributed by atoms with E-state index in [4.69, 9.17) is 23.2 Å². The molecule has 0 unspecified atom stereocenters. The van der Waals surface area contributed by atoms with Gasteiger partial charge in [0, 0.05) is 23.6 Å². The van der Waals surface area contributed by atoms with Crippen molar-refractivity contribution < 1.29 is 4.79 Å². The molecule has 1 amide bonds. The Kier molecular flexibility index (Phi) is 7.82. The molecule has 1 aliphatic heterocycles. The molecule has 1 fully saturated rings. The molecule has 0 spiro atoms. The minimum Gasteiger partial charge on any atom is -0.340 e. The van der Waals surface area contributed by atoms with Crippen molar-refractivity contribution in [2.45, 2.75) is 25.8 Å². The van der Waals surface area contributed by atoms with Crippen LogP contribution < -0.4 is 5.32 Å². The number of rotatable bonds is 7. The number of piperidine rings is 1. The van der Waals surface area contributed by atoms with E-state index in [0.717, 1.165) is 31.1 Å². The summed E-state index contributed by atoms with van der Waals surface area (Å²) >= 11 is 12.0. The van der Waals surface area contributed by atoms with Gasteiger partial charge in [-0.05, 0) is 75.6 Å². The van der Waals surface area contributed by atoms with E-state index < -0.39 is 0 Å². The zero-order valence-corrected chi connectivity index (χ0v) is 16.0. The van der Waals surface area contributed by atoms with Gasteiger partial charge in [-0.15, -0.1) is 0 Å². The first-order chi connectivity index (χ1) is 11.5. The summed E-state index contributed by atoms with van der Waals surface area (Å²) in [6.07, 6.45) is 3.60. The van der Waals surface area contributed by atoms with Crippen molar-refractivity contribution in [2.24, 2.45) is 5.92 Å². The van der Waals surface area contributed by atoms with E-state index in [1.165, 1.54) is 19.3 Å². The molecule has 0 radical (unpaired) electrons. The van der Waals surface area contributed by atoms with Gasteiger partial charge in [0.25, 0.3) is 0 Å². The summed E-state index contributed by atoms with van der Waals surface area (Å²) in [7, 11) is 3.83. The highest BCUT2D eigenvalue weighted by Gasteiger charge is 2.21. The molecule has 1 N–H and O–H groups in total. The Labute approximate surface area is 155 Å². The minimum atomic E-state index is 0.139. The van der Waals surface area contributed by atoms with E-state index in [0.29, 0.717) is 23.1 Å². The SMILES string of the molecule is CNCCC1CCN(CC(=O)N(C)Cc2cc(Cl)cc(Cl)c2)CC1. The number of likely N-dealkylation sites (tertiary alicyclic amines) is 1. The summed E-state index contributed by atoms with van der Waals surface area (Å²) in [5.41, 5.74) is 0.953. The minimum absolute atomic E-state index is 0.139. The summed E-state index contributed by atoms with van der Waals surface area (Å²) in [6.45, 7) is 4.11. The number of nitrogens with zero attached hydrogens (tertiary/aromatic N) is 2. The highest BCUT2D eigenvalue weighted by Crippen LogP contribution is 2.21. The summed E-state index contributed by atoms with van der Waals surface area (Å²) in [5.74, 6) is 0.926. The second-order valence-corrected chi connectivity index (χ2v) is 7.51. The maximum absolute atomic E-state index is 12.4. The Bertz CT molecular complexity index is 525. The van der Waals surface area contributed by atoms with Crippen molar-refractivity contribution in [3.8, 4) is 0 Å². The fourth-order valence-electron chi connectivity index (χ4n) is 3.16. The fraction of sp³-hybridized carbons (Fsp3) is 0.611. The molecular formula is C18H27Cl2N3O. The third kappa shape index (κ3) is 6.25. The van der Waals surface area contributed by atoms with Crippen molar-refractivity contribution >= 4 is 29.1 Å². The third-order valence-corrected chi connectivity index (χ3v) is 5.07. The maximum Gasteiger partial charge on any atom is 0.236 e. The molecule has 0 saturated carbocycles. The zero-order valence-electron chi connectivity index (χ0n) is 14.5. The average Bonchev–Trinajstić information content (AvgIpc) is 2.53. The number of halogens is 2. The van der Waals surface area contributed by atoms with Crippen LogP contribution in [0.2, 0.25) is 10.0 Å². The van der Waals surface area contributed by atoms with Crippen molar-refractivity contribution in [3.63, 3.8) is 0 Å². The van der Waals surface area contributed by atoms with Crippen LogP contribution in [0.4, 0.5) is 0 Å². The van der Waals surface area contributed by atoms with E-state index in [-0.39, 0.29) is 5.91 Å². The Morgan fingerprint density at radius 1 is 1.25 bits per heavy atom. The quantitative estimate of drug-likeness (QED) is 0.798. The van der Waals surface area contributed by atoms with E-state index in [2.05, 4.69) is 10.2 Å². The van der Waals surface area contributed by atoms with Crippen LogP contribution in [0, 0.1) is 5.92 Å². The van der Waals surface area contributed by atoms with Crippen LogP contribution in [0.15, 0.2) is 18.2 Å². The lowest BCUT2D eigenvalue weighted by molar-refractivity contribution is -0.132. The van der Waals surface area contributed by atoms with Gasteiger partial charge in [-0.2, -0.15) is 0 Å². The molecular weight excluding hydrogens is 345 g/mol. The largest absolute Gasteiger partial charge is 0.340 e. The van der Waals surface area contributed by atoms with Crippen LogP contribution in [-0.2, 0) is 11.3 Å². The van der Waals surface area contributed by atoms with Crippen LogP contribution in [0.5, 0.6) is 0 Å². The number of hydrogen-bond donors (Lipinski definition) is 1. The fourth-order valence-corrected chi connectivity index (χ4v) is 3.73. The van der Waals surface area contributed by atoms with Crippen LogP contribution in [0.25, 0.3) is 0 Å². The van der Waals surface area contributed by atoms with Gasteiger partial charge in [-0.3, -0.25) is 9.69 Å². The Balaban J connectivity index is 1.78. The van der Waals surface area contributed by atoms with E-state index >= 15 is 0 Å². The van der Waals surface area contributed by atoms with Gasteiger partial charge in [-0.25, -0.2) is 0 Å². The van der Waals surface area contributed by atoms with Gasteiger partial charge in [-0.1, -0.05) is 23.2 Å². The van der Waals surface area contributed by atoms with Crippen LogP contribution in [-0.4, -0.2) is 56.0 Å². The summed E-state index contributed by atoms with van der Waals surface area (Å²) < 4.78 is 0. The first-order valence-corrected chi connectivity index (χ1v) is 9.29. The van der Waals surface area contributed by atoms with Crippen molar-refractivity contribution in [1.29, 1.82) is 0 Å². The molecule has 0 atom stereocenters. The van der Waals surface area contributed by atoms with Gasteiger partial charge in [0.05, 0.1) is 6.54 Å². The summed E-state index contributed by atoms with van der Waals surface area (Å²) in [6, 6.07) is 5.40. The number of benzene rings is 1. The second-order valence-electron chi connectivity index (χ2n) is 6.64. The predicted octanol–water partition coefficient (Wildman–Crippen LogP) is 3.27. The number of amides is 1. The Morgan fingerprint density at radius 3 is 2.46 bits per heavy atom. The van der Waals surface area contributed by atoms with Gasteiger partial charge in [0.2, 0.25) is 5.91 Å². The smallest absolute Gasteiger partial charge is 0.236 e. The van der Waals surface area contributed by atoms with Gasteiger partial charge in [0.1, 0.15) is 0 Å². The lowest BCUT2D eigenvalue weighted by Crippen LogP contribution is -2.42.